The Kier molecular flexibility index (Phi) is 17.3. The molecule has 4 atom stereocenters. The van der Waals surface area contributed by atoms with E-state index in [1.807, 2.05) is 36.4 Å². The molecule has 0 spiro atoms. The predicted molar refractivity (Wildman–Crippen MR) is 145 cm³/mol. The van der Waals surface area contributed by atoms with E-state index in [1.165, 1.54) is 0 Å². The van der Waals surface area contributed by atoms with Crippen molar-refractivity contribution in [3.8, 4) is 11.5 Å². The van der Waals surface area contributed by atoms with Crippen molar-refractivity contribution in [2.75, 3.05) is 67.4 Å². The van der Waals surface area contributed by atoms with Gasteiger partial charge in [-0.15, -0.1) is 0 Å². The lowest BCUT2D eigenvalue weighted by Gasteiger charge is -2.34. The van der Waals surface area contributed by atoms with E-state index in [-0.39, 0.29) is 40.0 Å². The van der Waals surface area contributed by atoms with Crippen LogP contribution in [0.4, 0.5) is 0 Å². The van der Waals surface area contributed by atoms with Crippen molar-refractivity contribution in [3.05, 3.63) is 81.5 Å². The number of ether oxygens (including phenoxy) is 8. The van der Waals surface area contributed by atoms with Crippen LogP contribution >= 0.6 is 0 Å². The van der Waals surface area contributed by atoms with Gasteiger partial charge in [-0.2, -0.15) is 0 Å². The van der Waals surface area contributed by atoms with Gasteiger partial charge in [-0.05, 0) is 35.3 Å². The summed E-state index contributed by atoms with van der Waals surface area (Å²) in [7, 11) is 3.10. The summed E-state index contributed by atoms with van der Waals surface area (Å²) in [5.41, 5.74) is 18.8. The highest BCUT2D eigenvalue weighted by atomic mass is 16.7. The van der Waals surface area contributed by atoms with Crippen molar-refractivity contribution in [2.45, 2.75) is 24.3 Å². The first-order chi connectivity index (χ1) is 19.7. The summed E-state index contributed by atoms with van der Waals surface area (Å²) in [4.78, 5) is 5.99. The lowest BCUT2D eigenvalue weighted by Crippen LogP contribution is -2.50. The minimum Gasteiger partial charge on any atom is -0.493 e. The van der Waals surface area contributed by atoms with Gasteiger partial charge in [0, 0.05) is 24.0 Å². The first-order valence-corrected chi connectivity index (χ1v) is 12.5. The maximum absolute atomic E-state index is 9.39. The number of hydrogen-bond donors (Lipinski definition) is 0. The van der Waals surface area contributed by atoms with Gasteiger partial charge in [0.15, 0.2) is 0 Å². The molecule has 0 heterocycles. The Morgan fingerprint density at radius 1 is 0.625 bits per heavy atom. The van der Waals surface area contributed by atoms with Crippen molar-refractivity contribution >= 4 is 0 Å². The van der Waals surface area contributed by atoms with Crippen LogP contribution < -0.4 is 9.47 Å². The highest BCUT2D eigenvalue weighted by Crippen LogP contribution is 2.22. The summed E-state index contributed by atoms with van der Waals surface area (Å²) >= 11 is 0. The standard InChI is InChI=1S/C26H36N6O8/c1-33-13-15-35-19-39-25(23(29-31-27)17-37-21-9-5-3-6-10-21)26(40-20-36-16-14-34-2)24(30-32-28)18-38-22-11-7-4-8-12-22/h3-12,23-26H,13-20H2,1-2H3/t23-,24-,25+,26+/m0/s1. The topological polar surface area (TPSA) is 171 Å². The highest BCUT2D eigenvalue weighted by Gasteiger charge is 2.37. The molecule has 0 saturated heterocycles. The van der Waals surface area contributed by atoms with Gasteiger partial charge in [-0.1, -0.05) is 46.6 Å². The Balaban J connectivity index is 2.33. The van der Waals surface area contributed by atoms with Gasteiger partial charge >= 0.3 is 0 Å². The van der Waals surface area contributed by atoms with Crippen LogP contribution in [0.3, 0.4) is 0 Å². The number of methoxy groups -OCH3 is 2. The minimum absolute atomic E-state index is 0.0657. The van der Waals surface area contributed by atoms with Crippen LogP contribution in [-0.2, 0) is 28.4 Å². The molecule has 14 heteroatoms. The van der Waals surface area contributed by atoms with Gasteiger partial charge in [-0.25, -0.2) is 0 Å². The Hall–Kier alpha value is -3.58. The zero-order valence-corrected chi connectivity index (χ0v) is 22.7. The first-order valence-electron chi connectivity index (χ1n) is 12.5. The molecule has 40 heavy (non-hydrogen) atoms. The summed E-state index contributed by atoms with van der Waals surface area (Å²) in [6.45, 7) is 0.715. The molecule has 14 nitrogen and oxygen atoms in total. The van der Waals surface area contributed by atoms with Crippen molar-refractivity contribution in [2.24, 2.45) is 10.2 Å². The average Bonchev–Trinajstić information content (AvgIpc) is 2.99. The lowest BCUT2D eigenvalue weighted by atomic mass is 10.00. The van der Waals surface area contributed by atoms with E-state index in [0.717, 1.165) is 0 Å². The molecule has 0 aliphatic heterocycles. The van der Waals surface area contributed by atoms with E-state index in [4.69, 9.17) is 37.9 Å². The second kappa shape index (κ2) is 21.3. The van der Waals surface area contributed by atoms with Crippen molar-refractivity contribution in [1.82, 2.24) is 0 Å². The Morgan fingerprint density at radius 3 is 1.38 bits per heavy atom. The normalized spacial score (nSPS) is 13.8. The van der Waals surface area contributed by atoms with E-state index in [9.17, 15) is 11.1 Å². The summed E-state index contributed by atoms with van der Waals surface area (Å²) in [6.07, 6.45) is -1.99. The third-order valence-corrected chi connectivity index (χ3v) is 5.36. The molecule has 0 saturated carbocycles. The number of nitrogens with zero attached hydrogens (tertiary/aromatic N) is 6. The van der Waals surface area contributed by atoms with Gasteiger partial charge in [0.1, 0.15) is 37.2 Å². The summed E-state index contributed by atoms with van der Waals surface area (Å²) < 4.78 is 44.9. The number of rotatable bonds is 23. The summed E-state index contributed by atoms with van der Waals surface area (Å²) in [5, 5.41) is 7.86. The molecule has 2 aromatic carbocycles. The molecule has 0 aliphatic carbocycles. The Bertz CT molecular complexity index is 927. The van der Waals surface area contributed by atoms with Gasteiger partial charge < -0.3 is 37.9 Å². The van der Waals surface area contributed by atoms with E-state index in [2.05, 4.69) is 20.1 Å². The fourth-order valence-corrected chi connectivity index (χ4v) is 3.42. The van der Waals surface area contributed by atoms with Gasteiger partial charge in [0.25, 0.3) is 0 Å². The van der Waals surface area contributed by atoms with Crippen molar-refractivity contribution in [1.29, 1.82) is 0 Å². The molecule has 0 bridgehead atoms. The predicted octanol–water partition coefficient (Wildman–Crippen LogP) is 4.51. The molecule has 2 aromatic rings. The second-order valence-electron chi connectivity index (χ2n) is 8.09. The lowest BCUT2D eigenvalue weighted by molar-refractivity contribution is -0.184. The SMILES string of the molecule is COCCOCO[C@@H]([C@H](OCOCCOC)[C@H](COc1ccccc1)N=[N+]=[N-])[C@H](COc1ccccc1)N=[N+]=[N-]. The van der Waals surface area contributed by atoms with E-state index in [1.54, 1.807) is 38.5 Å². The first kappa shape index (κ1) is 32.6. The molecule has 0 radical (unpaired) electrons. The van der Waals surface area contributed by atoms with Crippen LogP contribution in [0.5, 0.6) is 11.5 Å². The largest absolute Gasteiger partial charge is 0.493 e. The third-order valence-electron chi connectivity index (χ3n) is 5.36. The minimum atomic E-state index is -0.997. The second-order valence-corrected chi connectivity index (χ2v) is 8.09. The van der Waals surface area contributed by atoms with Crippen molar-refractivity contribution in [3.63, 3.8) is 0 Å². The fraction of sp³-hybridized carbons (Fsp3) is 0.538. The summed E-state index contributed by atoms with van der Waals surface area (Å²) in [6, 6.07) is 16.2. The number of hydrogen-bond acceptors (Lipinski definition) is 10. The molecular formula is C26H36N6O8. The smallest absolute Gasteiger partial charge is 0.147 e. The van der Waals surface area contributed by atoms with Crippen LogP contribution in [0.15, 0.2) is 70.9 Å². The number of azide groups is 2. The van der Waals surface area contributed by atoms with Crippen molar-refractivity contribution < 1.29 is 37.9 Å². The van der Waals surface area contributed by atoms with Crippen LogP contribution in [0, 0.1) is 0 Å². The summed E-state index contributed by atoms with van der Waals surface area (Å²) in [5.74, 6) is 1.13. The molecule has 0 amide bonds. The average molecular weight is 561 g/mol. The zero-order valence-electron chi connectivity index (χ0n) is 22.7. The van der Waals surface area contributed by atoms with Gasteiger partial charge in [0.2, 0.25) is 0 Å². The molecule has 0 N–H and O–H groups in total. The van der Waals surface area contributed by atoms with E-state index in [0.29, 0.717) is 24.7 Å². The molecule has 0 aliphatic rings. The molecule has 0 unspecified atom stereocenters. The van der Waals surface area contributed by atoms with Crippen LogP contribution in [-0.4, -0.2) is 91.7 Å². The fourth-order valence-electron chi connectivity index (χ4n) is 3.42. The zero-order chi connectivity index (χ0) is 28.7. The van der Waals surface area contributed by atoms with Gasteiger partial charge in [-0.3, -0.25) is 0 Å². The highest BCUT2D eigenvalue weighted by molar-refractivity contribution is 5.22. The van der Waals surface area contributed by atoms with Crippen LogP contribution in [0.1, 0.15) is 0 Å². The molecular weight excluding hydrogens is 524 g/mol. The third kappa shape index (κ3) is 13.0. The maximum Gasteiger partial charge on any atom is 0.147 e. The monoisotopic (exact) mass is 560 g/mol. The van der Waals surface area contributed by atoms with Gasteiger partial charge in [0.05, 0.1) is 51.8 Å². The Morgan fingerprint density at radius 2 is 1.02 bits per heavy atom. The molecule has 2 rings (SSSR count). The van der Waals surface area contributed by atoms with E-state index >= 15 is 0 Å². The maximum atomic E-state index is 9.39. The number of benzene rings is 2. The quantitative estimate of drug-likeness (QED) is 0.0627. The molecule has 0 fully saturated rings. The molecule has 218 valence electrons. The Labute approximate surface area is 233 Å². The number of para-hydroxylation sites is 2. The van der Waals surface area contributed by atoms with Crippen LogP contribution in [0.25, 0.3) is 20.9 Å². The van der Waals surface area contributed by atoms with Crippen LogP contribution in [0.2, 0.25) is 0 Å². The van der Waals surface area contributed by atoms with E-state index < -0.39 is 24.3 Å². The molecule has 0 aromatic heterocycles.